The minimum absolute atomic E-state index is 0.00415. The Hall–Kier alpha value is -4.04. The van der Waals surface area contributed by atoms with E-state index in [1.807, 2.05) is 44.5 Å². The van der Waals surface area contributed by atoms with Crippen LogP contribution in [0.4, 0.5) is 15.6 Å². The zero-order valence-electron chi connectivity index (χ0n) is 27.3. The Morgan fingerprint density at radius 1 is 1.11 bits per heavy atom. The molecule has 6 rings (SSSR count). The lowest BCUT2D eigenvalue weighted by molar-refractivity contribution is -0.122. The second kappa shape index (κ2) is 13.4. The number of ether oxygens (including phenoxy) is 1. The van der Waals surface area contributed by atoms with Crippen LogP contribution in [0.2, 0.25) is 0 Å². The molecule has 14 heteroatoms. The molecule has 0 aromatic carbocycles. The summed E-state index contributed by atoms with van der Waals surface area (Å²) in [6.07, 6.45) is 11.0. The van der Waals surface area contributed by atoms with Crippen molar-refractivity contribution in [1.29, 1.82) is 0 Å². The Morgan fingerprint density at radius 2 is 1.91 bits per heavy atom. The molecular weight excluding hydrogens is 604 g/mol. The highest BCUT2D eigenvalue weighted by Crippen LogP contribution is 2.28. The van der Waals surface area contributed by atoms with Crippen molar-refractivity contribution < 1.29 is 14.3 Å². The summed E-state index contributed by atoms with van der Waals surface area (Å²) in [7, 11) is 0. The third-order valence-corrected chi connectivity index (χ3v) is 9.03. The first-order valence-electron chi connectivity index (χ1n) is 16.1. The molecule has 2 fully saturated rings. The number of fused-ring (bicyclic) bond motifs is 1. The van der Waals surface area contributed by atoms with E-state index in [1.165, 1.54) is 24.4 Å². The molecule has 4 aromatic heterocycles. The number of hydrogen-bond acceptors (Lipinski definition) is 10. The van der Waals surface area contributed by atoms with Crippen molar-refractivity contribution in [3.05, 3.63) is 42.2 Å². The van der Waals surface area contributed by atoms with E-state index in [2.05, 4.69) is 43.0 Å². The number of likely N-dealkylation sites (tertiary alicyclic amines) is 2. The minimum Gasteiger partial charge on any atom is -0.444 e. The van der Waals surface area contributed by atoms with Crippen LogP contribution in [0.25, 0.3) is 16.9 Å². The standard InChI is InChI=1S/C32H44N10O3S/c1-21-7-6-10-39(16-21)19-25-13-28(46-38-25)37-29-30-33-15-26(42(30)17-22(2)35-29)23-14-34-41(18-23)20-27(43)36-24-8-11-40(12-9-24)31(44)45-32(3,4)5/h13-15,17-18,21,24H,6-12,16,19-20H2,1-5H3,(H,35,37)(H,36,43). The van der Waals surface area contributed by atoms with Gasteiger partial charge in [-0.15, -0.1) is 0 Å². The van der Waals surface area contributed by atoms with Crippen LogP contribution in [0.1, 0.15) is 64.8 Å². The summed E-state index contributed by atoms with van der Waals surface area (Å²) in [5.74, 6) is 1.28. The summed E-state index contributed by atoms with van der Waals surface area (Å²) in [6.45, 7) is 14.1. The van der Waals surface area contributed by atoms with Gasteiger partial charge in [0.15, 0.2) is 11.5 Å². The van der Waals surface area contributed by atoms with Crippen LogP contribution in [-0.2, 0) is 22.6 Å². The van der Waals surface area contributed by atoms with Crippen LogP contribution in [-0.4, -0.2) is 88.1 Å². The number of aromatic nitrogens is 6. The van der Waals surface area contributed by atoms with Gasteiger partial charge in [0.1, 0.15) is 17.1 Å². The summed E-state index contributed by atoms with van der Waals surface area (Å²) in [5.41, 5.74) is 3.78. The number of hydrogen-bond donors (Lipinski definition) is 2. The zero-order chi connectivity index (χ0) is 32.4. The van der Waals surface area contributed by atoms with Gasteiger partial charge in [-0.1, -0.05) is 6.92 Å². The molecule has 0 radical (unpaired) electrons. The quantitative estimate of drug-likeness (QED) is 0.275. The van der Waals surface area contributed by atoms with Gasteiger partial charge in [-0.25, -0.2) is 14.8 Å². The molecule has 2 saturated heterocycles. The molecule has 13 nitrogen and oxygen atoms in total. The SMILES string of the molecule is Cc1cn2c(-c3cnn(CC(=O)NC4CCN(C(=O)OC(C)(C)C)CC4)c3)cnc2c(Nc2cc(CN3CCCC(C)C3)ns2)n1. The van der Waals surface area contributed by atoms with E-state index in [0.29, 0.717) is 37.4 Å². The highest BCUT2D eigenvalue weighted by atomic mass is 32.1. The molecule has 46 heavy (non-hydrogen) atoms. The number of aryl methyl sites for hydroxylation is 1. The number of rotatable bonds is 8. The molecule has 2 aliphatic heterocycles. The molecule has 6 heterocycles. The van der Waals surface area contributed by atoms with Crippen LogP contribution in [0, 0.1) is 12.8 Å². The number of carbonyl (C=O) groups is 2. The van der Waals surface area contributed by atoms with Gasteiger partial charge in [0, 0.05) is 50.2 Å². The zero-order valence-corrected chi connectivity index (χ0v) is 28.1. The average Bonchev–Trinajstić information content (AvgIpc) is 3.73. The highest BCUT2D eigenvalue weighted by Gasteiger charge is 2.27. The minimum atomic E-state index is -0.527. The first kappa shape index (κ1) is 31.9. The summed E-state index contributed by atoms with van der Waals surface area (Å²) >= 11 is 1.44. The molecule has 1 atom stereocenters. The normalized spacial score (nSPS) is 18.2. The van der Waals surface area contributed by atoms with Crippen molar-refractivity contribution in [2.24, 2.45) is 5.92 Å². The van der Waals surface area contributed by atoms with E-state index in [0.717, 1.165) is 53.2 Å². The fraction of sp³-hybridized carbons (Fsp3) is 0.562. The van der Waals surface area contributed by atoms with Gasteiger partial charge in [-0.3, -0.25) is 18.8 Å². The van der Waals surface area contributed by atoms with Gasteiger partial charge in [0.05, 0.1) is 29.5 Å². The van der Waals surface area contributed by atoms with Gasteiger partial charge in [-0.2, -0.15) is 9.47 Å². The highest BCUT2D eigenvalue weighted by molar-refractivity contribution is 7.10. The average molecular weight is 649 g/mol. The van der Waals surface area contributed by atoms with Crippen LogP contribution in [0.3, 0.4) is 0 Å². The number of imidazole rings is 1. The monoisotopic (exact) mass is 648 g/mol. The van der Waals surface area contributed by atoms with Crippen molar-refractivity contribution in [3.63, 3.8) is 0 Å². The molecular formula is C32H44N10O3S. The molecule has 0 saturated carbocycles. The largest absolute Gasteiger partial charge is 0.444 e. The van der Waals surface area contributed by atoms with Gasteiger partial charge in [0.2, 0.25) is 5.91 Å². The lowest BCUT2D eigenvalue weighted by atomic mass is 10.0. The summed E-state index contributed by atoms with van der Waals surface area (Å²) in [4.78, 5) is 38.8. The van der Waals surface area contributed by atoms with Crippen LogP contribution in [0.5, 0.6) is 0 Å². The molecule has 4 aromatic rings. The fourth-order valence-corrected chi connectivity index (χ4v) is 6.82. The maximum Gasteiger partial charge on any atom is 0.410 e. The predicted octanol–water partition coefficient (Wildman–Crippen LogP) is 4.85. The summed E-state index contributed by atoms with van der Waals surface area (Å²) in [5, 5.41) is 11.9. The Balaban J connectivity index is 1.06. The first-order chi connectivity index (χ1) is 22.0. The smallest absolute Gasteiger partial charge is 0.410 e. The lowest BCUT2D eigenvalue weighted by Gasteiger charge is -2.33. The maximum atomic E-state index is 12.9. The van der Waals surface area contributed by atoms with Crippen molar-refractivity contribution in [1.82, 2.24) is 43.6 Å². The summed E-state index contributed by atoms with van der Waals surface area (Å²) in [6, 6.07) is 2.11. The molecule has 2 amide bonds. The van der Waals surface area contributed by atoms with E-state index in [9.17, 15) is 9.59 Å². The van der Waals surface area contributed by atoms with Gasteiger partial charge >= 0.3 is 6.09 Å². The molecule has 2 aliphatic rings. The first-order valence-corrected chi connectivity index (χ1v) is 16.9. The Bertz CT molecular complexity index is 1680. The second-order valence-electron chi connectivity index (χ2n) is 13.6. The van der Waals surface area contributed by atoms with E-state index < -0.39 is 5.60 Å². The Morgan fingerprint density at radius 3 is 2.67 bits per heavy atom. The number of piperidine rings is 2. The molecule has 0 aliphatic carbocycles. The predicted molar refractivity (Wildman–Crippen MR) is 177 cm³/mol. The third kappa shape index (κ3) is 7.84. The van der Waals surface area contributed by atoms with Crippen LogP contribution < -0.4 is 10.6 Å². The molecule has 2 N–H and O–H groups in total. The van der Waals surface area contributed by atoms with Crippen LogP contribution >= 0.6 is 11.5 Å². The van der Waals surface area contributed by atoms with Crippen molar-refractivity contribution in [3.8, 4) is 11.3 Å². The van der Waals surface area contributed by atoms with E-state index in [4.69, 9.17) is 9.72 Å². The fourth-order valence-electron chi connectivity index (χ4n) is 6.16. The van der Waals surface area contributed by atoms with Gasteiger partial charge in [-0.05, 0) is 83.4 Å². The van der Waals surface area contributed by atoms with Gasteiger partial charge < -0.3 is 20.3 Å². The number of carbonyl (C=O) groups excluding carboxylic acids is 2. The van der Waals surface area contributed by atoms with E-state index in [-0.39, 0.29) is 24.6 Å². The van der Waals surface area contributed by atoms with Gasteiger partial charge in [0.25, 0.3) is 0 Å². The maximum absolute atomic E-state index is 12.9. The number of amides is 2. The van der Waals surface area contributed by atoms with E-state index in [1.54, 1.807) is 22.0 Å². The number of nitrogens with one attached hydrogen (secondary N) is 2. The number of nitrogens with zero attached hydrogens (tertiary/aromatic N) is 8. The molecule has 0 spiro atoms. The van der Waals surface area contributed by atoms with Crippen molar-refractivity contribution in [2.45, 2.75) is 85.0 Å². The van der Waals surface area contributed by atoms with E-state index >= 15 is 0 Å². The second-order valence-corrected chi connectivity index (χ2v) is 14.4. The van der Waals surface area contributed by atoms with Crippen LogP contribution in [0.15, 0.2) is 30.9 Å². The Kier molecular flexibility index (Phi) is 9.27. The lowest BCUT2D eigenvalue weighted by Crippen LogP contribution is -2.48. The topological polar surface area (TPSA) is 135 Å². The summed E-state index contributed by atoms with van der Waals surface area (Å²) < 4.78 is 13.8. The molecule has 1 unspecified atom stereocenters. The molecule has 0 bridgehead atoms. The van der Waals surface area contributed by atoms with Crippen molar-refractivity contribution in [2.75, 3.05) is 31.5 Å². The number of anilines is 2. The Labute approximate surface area is 273 Å². The molecule has 246 valence electrons. The third-order valence-electron chi connectivity index (χ3n) is 8.29. The van der Waals surface area contributed by atoms with Crippen molar-refractivity contribution >= 4 is 40.0 Å².